The first-order valence-electron chi connectivity index (χ1n) is 8.82. The molecule has 0 aliphatic carbocycles. The highest BCUT2D eigenvalue weighted by molar-refractivity contribution is 6.35. The molecule has 0 saturated heterocycles. The first-order chi connectivity index (χ1) is 13.3. The molecule has 0 fully saturated rings. The second-order valence-electron chi connectivity index (χ2n) is 6.89. The van der Waals surface area contributed by atoms with E-state index in [1.54, 1.807) is 29.1 Å². The molecule has 28 heavy (non-hydrogen) atoms. The summed E-state index contributed by atoms with van der Waals surface area (Å²) in [4.78, 5) is 13.3. The van der Waals surface area contributed by atoms with Crippen LogP contribution in [0.5, 0.6) is 0 Å². The van der Waals surface area contributed by atoms with Crippen molar-refractivity contribution < 1.29 is 0 Å². The predicted molar refractivity (Wildman–Crippen MR) is 113 cm³/mol. The van der Waals surface area contributed by atoms with Gasteiger partial charge < -0.3 is 0 Å². The van der Waals surface area contributed by atoms with Gasteiger partial charge >= 0.3 is 0 Å². The van der Waals surface area contributed by atoms with Crippen LogP contribution in [0.2, 0.25) is 10.0 Å². The van der Waals surface area contributed by atoms with Crippen molar-refractivity contribution in [1.82, 2.24) is 19.6 Å². The normalized spacial score (nSPS) is 11.3. The Labute approximate surface area is 172 Å². The van der Waals surface area contributed by atoms with Crippen LogP contribution in [0.15, 0.2) is 47.4 Å². The van der Waals surface area contributed by atoms with Crippen LogP contribution >= 0.6 is 23.2 Å². The molecule has 0 aliphatic heterocycles. The van der Waals surface area contributed by atoms with Crippen molar-refractivity contribution in [3.05, 3.63) is 85.4 Å². The van der Waals surface area contributed by atoms with Crippen molar-refractivity contribution in [1.29, 1.82) is 0 Å². The summed E-state index contributed by atoms with van der Waals surface area (Å²) in [5, 5.41) is 10.7. The van der Waals surface area contributed by atoms with Gasteiger partial charge in [0.05, 0.1) is 24.1 Å². The van der Waals surface area contributed by atoms with Crippen molar-refractivity contribution in [2.24, 2.45) is 0 Å². The minimum Gasteiger partial charge on any atom is -0.265 e. The van der Waals surface area contributed by atoms with Gasteiger partial charge in [0, 0.05) is 15.4 Å². The smallest absolute Gasteiger partial charge is 0.265 e. The third kappa shape index (κ3) is 3.21. The van der Waals surface area contributed by atoms with E-state index in [2.05, 4.69) is 16.3 Å². The summed E-state index contributed by atoms with van der Waals surface area (Å²) in [6, 6.07) is 11.3. The minimum atomic E-state index is -0.218. The monoisotopic (exact) mass is 412 g/mol. The lowest BCUT2D eigenvalue weighted by Gasteiger charge is -2.11. The average molecular weight is 413 g/mol. The van der Waals surface area contributed by atoms with E-state index in [4.69, 9.17) is 23.2 Å². The number of aromatic nitrogens is 4. The van der Waals surface area contributed by atoms with Gasteiger partial charge in [-0.05, 0) is 50.1 Å². The molecule has 0 bridgehead atoms. The number of benzene rings is 2. The molecule has 2 aromatic carbocycles. The number of hydrogen-bond acceptors (Lipinski definition) is 3. The number of hydrogen-bond donors (Lipinski definition) is 0. The van der Waals surface area contributed by atoms with Crippen LogP contribution in [0.25, 0.3) is 16.6 Å². The fourth-order valence-corrected chi connectivity index (χ4v) is 3.83. The van der Waals surface area contributed by atoms with E-state index in [1.807, 2.05) is 32.9 Å². The van der Waals surface area contributed by atoms with Crippen LogP contribution in [0, 0.1) is 20.8 Å². The first-order valence-corrected chi connectivity index (χ1v) is 9.58. The maximum atomic E-state index is 13.3. The molecule has 2 heterocycles. The van der Waals surface area contributed by atoms with Gasteiger partial charge in [0.2, 0.25) is 0 Å². The quantitative estimate of drug-likeness (QED) is 0.482. The zero-order chi connectivity index (χ0) is 20.0. The molecule has 4 rings (SSSR count). The maximum absolute atomic E-state index is 13.3. The Morgan fingerprint density at radius 1 is 1.04 bits per heavy atom. The van der Waals surface area contributed by atoms with Crippen molar-refractivity contribution >= 4 is 34.1 Å². The van der Waals surface area contributed by atoms with Gasteiger partial charge in [-0.3, -0.25) is 4.79 Å². The average Bonchev–Trinajstić information content (AvgIpc) is 3.07. The lowest BCUT2D eigenvalue weighted by atomic mass is 10.1. The van der Waals surface area contributed by atoms with Gasteiger partial charge in [0.1, 0.15) is 5.52 Å². The van der Waals surface area contributed by atoms with E-state index in [9.17, 15) is 4.79 Å². The van der Waals surface area contributed by atoms with Crippen molar-refractivity contribution in [3.63, 3.8) is 0 Å². The van der Waals surface area contributed by atoms with Gasteiger partial charge in [0.15, 0.2) is 0 Å². The zero-order valence-corrected chi connectivity index (χ0v) is 17.2. The van der Waals surface area contributed by atoms with Crippen LogP contribution in [0.1, 0.15) is 22.4 Å². The number of rotatable bonds is 3. The number of aryl methyl sites for hydroxylation is 3. The molecular formula is C21H18Cl2N4O. The fraction of sp³-hybridized carbons (Fsp3) is 0.190. The van der Waals surface area contributed by atoms with E-state index in [-0.39, 0.29) is 12.1 Å². The van der Waals surface area contributed by atoms with Crippen molar-refractivity contribution in [2.75, 3.05) is 0 Å². The predicted octanol–water partition coefficient (Wildman–Crippen LogP) is 4.86. The molecule has 0 saturated carbocycles. The Bertz CT molecular complexity index is 1270. The molecule has 5 nitrogen and oxygen atoms in total. The molecular weight excluding hydrogens is 395 g/mol. The zero-order valence-electron chi connectivity index (χ0n) is 15.7. The first kappa shape index (κ1) is 18.7. The molecule has 0 atom stereocenters. The van der Waals surface area contributed by atoms with E-state index in [1.165, 1.54) is 4.68 Å². The maximum Gasteiger partial charge on any atom is 0.293 e. The molecule has 0 amide bonds. The second kappa shape index (κ2) is 7.08. The molecule has 2 aromatic heterocycles. The van der Waals surface area contributed by atoms with Crippen LogP contribution in [-0.4, -0.2) is 19.6 Å². The number of fused-ring (bicyclic) bond motifs is 1. The van der Waals surface area contributed by atoms with Crippen LogP contribution in [0.3, 0.4) is 0 Å². The highest BCUT2D eigenvalue weighted by Gasteiger charge is 2.17. The molecule has 0 N–H and O–H groups in total. The Morgan fingerprint density at radius 3 is 2.54 bits per heavy atom. The van der Waals surface area contributed by atoms with Crippen molar-refractivity contribution in [2.45, 2.75) is 27.3 Å². The van der Waals surface area contributed by atoms with E-state index >= 15 is 0 Å². The molecule has 0 radical (unpaired) electrons. The van der Waals surface area contributed by atoms with E-state index in [0.29, 0.717) is 15.6 Å². The molecule has 142 valence electrons. The lowest BCUT2D eigenvalue weighted by Crippen LogP contribution is -2.26. The Balaban J connectivity index is 1.91. The summed E-state index contributed by atoms with van der Waals surface area (Å²) in [6.45, 7) is 6.17. The van der Waals surface area contributed by atoms with E-state index < -0.39 is 0 Å². The molecule has 7 heteroatoms. The standard InChI is InChI=1S/C21H18Cl2N4O/c1-12-4-7-19(13(2)8-12)27-20-17(10-24-27)14(3)25-26(21(20)28)11-15-5-6-16(22)9-18(15)23/h4-10H,11H2,1-3H3. The van der Waals surface area contributed by atoms with Gasteiger partial charge in [-0.2, -0.15) is 10.2 Å². The highest BCUT2D eigenvalue weighted by atomic mass is 35.5. The summed E-state index contributed by atoms with van der Waals surface area (Å²) < 4.78 is 3.12. The Hall–Kier alpha value is -2.63. The highest BCUT2D eigenvalue weighted by Crippen LogP contribution is 2.23. The van der Waals surface area contributed by atoms with Gasteiger partial charge in [-0.15, -0.1) is 0 Å². The van der Waals surface area contributed by atoms with Crippen LogP contribution in [-0.2, 0) is 6.54 Å². The minimum absolute atomic E-state index is 0.218. The molecule has 0 unspecified atom stereocenters. The summed E-state index contributed by atoms with van der Waals surface area (Å²) >= 11 is 12.3. The number of nitrogens with zero attached hydrogens (tertiary/aromatic N) is 4. The molecule has 4 aromatic rings. The summed E-state index contributed by atoms with van der Waals surface area (Å²) in [7, 11) is 0. The second-order valence-corrected chi connectivity index (χ2v) is 7.74. The number of halogens is 2. The summed E-state index contributed by atoms with van der Waals surface area (Å²) in [6.07, 6.45) is 1.69. The van der Waals surface area contributed by atoms with Gasteiger partial charge in [-0.1, -0.05) is 47.0 Å². The largest absolute Gasteiger partial charge is 0.293 e. The molecule has 0 spiro atoms. The Kier molecular flexibility index (Phi) is 4.73. The van der Waals surface area contributed by atoms with Gasteiger partial charge in [-0.25, -0.2) is 9.36 Å². The topological polar surface area (TPSA) is 52.7 Å². The van der Waals surface area contributed by atoms with Crippen LogP contribution in [0.4, 0.5) is 0 Å². The van der Waals surface area contributed by atoms with Gasteiger partial charge in [0.25, 0.3) is 5.56 Å². The van der Waals surface area contributed by atoms with E-state index in [0.717, 1.165) is 33.5 Å². The molecule has 0 aliphatic rings. The third-order valence-electron chi connectivity index (χ3n) is 4.78. The van der Waals surface area contributed by atoms with Crippen LogP contribution < -0.4 is 5.56 Å². The third-order valence-corrected chi connectivity index (χ3v) is 5.37. The SMILES string of the molecule is Cc1ccc(-n2ncc3c(C)nn(Cc4ccc(Cl)cc4Cl)c(=O)c32)c(C)c1. The van der Waals surface area contributed by atoms with Crippen molar-refractivity contribution in [3.8, 4) is 5.69 Å². The summed E-state index contributed by atoms with van der Waals surface area (Å²) in [5.41, 5.74) is 4.87. The summed E-state index contributed by atoms with van der Waals surface area (Å²) in [5.74, 6) is 0. The Morgan fingerprint density at radius 2 is 1.82 bits per heavy atom. The fourth-order valence-electron chi connectivity index (χ4n) is 3.37. The lowest BCUT2D eigenvalue weighted by molar-refractivity contribution is 0.635.